The number of nitrogens with zero attached hydrogens (tertiary/aromatic N) is 2. The molecule has 5 nitrogen and oxygen atoms in total. The van der Waals surface area contributed by atoms with Crippen molar-refractivity contribution in [3.8, 4) is 0 Å². The van der Waals surface area contributed by atoms with Crippen molar-refractivity contribution in [2.75, 3.05) is 0 Å². The van der Waals surface area contributed by atoms with Crippen molar-refractivity contribution >= 4 is 20.5 Å². The number of rotatable bonds is 7. The predicted molar refractivity (Wildman–Crippen MR) is 73.7 cm³/mol. The Morgan fingerprint density at radius 1 is 1.44 bits per heavy atom. The molecule has 0 saturated carbocycles. The van der Waals surface area contributed by atoms with E-state index in [1.807, 2.05) is 8.24 Å². The van der Waals surface area contributed by atoms with Gasteiger partial charge in [-0.1, -0.05) is 0 Å². The van der Waals surface area contributed by atoms with Crippen LogP contribution >= 0.6 is 8.24 Å². The van der Waals surface area contributed by atoms with Gasteiger partial charge in [-0.05, 0) is 0 Å². The summed E-state index contributed by atoms with van der Waals surface area (Å²) in [5, 5.41) is 7.40. The monoisotopic (exact) mass is 455 g/mol. The molecular weight excluding hydrogens is 435 g/mol. The van der Waals surface area contributed by atoms with Gasteiger partial charge in [0.2, 0.25) is 0 Å². The molecule has 0 radical (unpaired) electrons. The number of fused-ring (bicyclic) bond motifs is 1. The zero-order valence-electron chi connectivity index (χ0n) is 10.8. The standard InChI is InChI=1S/C6H13.C5H7N5S.Hg/c1-3-5-6-4-2;6-5-9-3-2(4(11)10-5)7-1-8-3;/h1,3-6H2,2H3;1,3,11H,(H,7,8)(H3,6,9,10);/q;;+1/p-1. The van der Waals surface area contributed by atoms with E-state index in [-0.39, 0.29) is 6.17 Å². The van der Waals surface area contributed by atoms with Crippen LogP contribution in [0.3, 0.4) is 0 Å². The number of guanidine groups is 1. The summed E-state index contributed by atoms with van der Waals surface area (Å²) in [6.07, 6.45) is 7.14. The zero-order chi connectivity index (χ0) is 12.8. The van der Waals surface area contributed by atoms with Crippen molar-refractivity contribution in [1.29, 1.82) is 0 Å². The Morgan fingerprint density at radius 2 is 2.33 bits per heavy atom. The van der Waals surface area contributed by atoms with Crippen LogP contribution < -0.4 is 16.4 Å². The second kappa shape index (κ2) is 7.38. The normalized spacial score (nSPS) is 20.9. The molecule has 1 atom stereocenters. The summed E-state index contributed by atoms with van der Waals surface area (Å²) in [6, 6.07) is 0. The van der Waals surface area contributed by atoms with Gasteiger partial charge in [0.15, 0.2) is 0 Å². The molecule has 2 rings (SSSR count). The Kier molecular flexibility index (Phi) is 5.81. The second-order valence-corrected chi connectivity index (χ2v) is 16.4. The van der Waals surface area contributed by atoms with E-state index in [2.05, 4.69) is 27.5 Å². The molecule has 0 bridgehead atoms. The quantitative estimate of drug-likeness (QED) is 0.405. The van der Waals surface area contributed by atoms with Crippen LogP contribution in [0.15, 0.2) is 20.7 Å². The number of hydrogen-bond donors (Lipinski definition) is 3. The fraction of sp³-hybridized carbons (Fsp3) is 0.636. The van der Waals surface area contributed by atoms with Gasteiger partial charge < -0.3 is 0 Å². The van der Waals surface area contributed by atoms with Gasteiger partial charge >= 0.3 is 123 Å². The van der Waals surface area contributed by atoms with Crippen molar-refractivity contribution in [3.05, 3.63) is 10.7 Å². The molecule has 0 fully saturated rings. The maximum absolute atomic E-state index is 5.77. The molecular formula is C11H19HgN5S. The second-order valence-electron chi connectivity index (χ2n) is 4.44. The minimum absolute atomic E-state index is 0.0535. The molecule has 0 amide bonds. The number of nitrogens with two attached hydrogens (primary N) is 1. The molecule has 18 heavy (non-hydrogen) atoms. The van der Waals surface area contributed by atoms with Crippen LogP contribution in [0.25, 0.3) is 0 Å². The van der Waals surface area contributed by atoms with Gasteiger partial charge in [-0.3, -0.25) is 0 Å². The average molecular weight is 454 g/mol. The molecule has 0 aromatic carbocycles. The molecule has 2 aliphatic heterocycles. The first-order valence-electron chi connectivity index (χ1n) is 6.57. The van der Waals surface area contributed by atoms with E-state index in [0.717, 1.165) is 10.7 Å². The molecule has 96 valence electrons. The van der Waals surface area contributed by atoms with E-state index in [0.29, 0.717) is 5.96 Å². The van der Waals surface area contributed by atoms with Crippen LogP contribution in [0.4, 0.5) is 0 Å². The van der Waals surface area contributed by atoms with E-state index in [1.165, 1.54) is 29.6 Å². The first-order chi connectivity index (χ1) is 8.81. The van der Waals surface area contributed by atoms with E-state index < -0.39 is 23.1 Å². The number of nitrogens with one attached hydrogen (secondary N) is 2. The fourth-order valence-corrected chi connectivity index (χ4v) is 13.4. The molecule has 0 aromatic heterocycles. The average Bonchev–Trinajstić information content (AvgIpc) is 2.81. The summed E-state index contributed by atoms with van der Waals surface area (Å²) in [5.74, 6) is 0.503. The molecule has 4 N–H and O–H groups in total. The predicted octanol–water partition coefficient (Wildman–Crippen LogP) is 1.76. The van der Waals surface area contributed by atoms with Gasteiger partial charge in [0, 0.05) is 0 Å². The molecule has 0 spiro atoms. The van der Waals surface area contributed by atoms with Crippen LogP contribution in [0.2, 0.25) is 3.93 Å². The van der Waals surface area contributed by atoms with E-state index in [1.54, 1.807) is 6.34 Å². The van der Waals surface area contributed by atoms with E-state index in [4.69, 9.17) is 5.73 Å². The van der Waals surface area contributed by atoms with Crippen molar-refractivity contribution in [2.45, 2.75) is 42.7 Å². The van der Waals surface area contributed by atoms with Crippen LogP contribution in [-0.4, -0.2) is 18.5 Å². The third kappa shape index (κ3) is 3.88. The first kappa shape index (κ1) is 14.2. The van der Waals surface area contributed by atoms with Gasteiger partial charge in [-0.15, -0.1) is 0 Å². The fourth-order valence-electron chi connectivity index (χ4n) is 1.95. The maximum atomic E-state index is 5.77. The Bertz CT molecular complexity index is 380. The van der Waals surface area contributed by atoms with Crippen molar-refractivity contribution in [1.82, 2.24) is 10.6 Å². The van der Waals surface area contributed by atoms with Crippen LogP contribution in [0.5, 0.6) is 0 Å². The van der Waals surface area contributed by atoms with E-state index in [9.17, 15) is 0 Å². The van der Waals surface area contributed by atoms with Crippen LogP contribution in [0, 0.1) is 0 Å². The molecule has 2 heterocycles. The van der Waals surface area contributed by atoms with E-state index >= 15 is 0 Å². The summed E-state index contributed by atoms with van der Waals surface area (Å²) >= 11 is -0.879. The minimum atomic E-state index is -0.879. The molecule has 0 saturated heterocycles. The molecule has 0 aliphatic carbocycles. The van der Waals surface area contributed by atoms with Gasteiger partial charge in [-0.2, -0.15) is 0 Å². The Balaban J connectivity index is 1.76. The summed E-state index contributed by atoms with van der Waals surface area (Å²) in [5.41, 5.74) is 6.79. The topological polar surface area (TPSA) is 74.8 Å². The first-order valence-corrected chi connectivity index (χ1v) is 18.2. The molecule has 7 heteroatoms. The van der Waals surface area contributed by atoms with Crippen molar-refractivity contribution < 1.29 is 23.1 Å². The number of unbranched alkanes of at least 4 members (excludes halogenated alkanes) is 3. The summed E-state index contributed by atoms with van der Waals surface area (Å²) in [6.45, 7) is 2.25. The summed E-state index contributed by atoms with van der Waals surface area (Å²) in [7, 11) is 2.01. The molecule has 0 aromatic rings. The SMILES string of the molecule is CCCCC[CH2][Hg][S]C1=C2N=CNC2N=C(N)N1. The Hall–Kier alpha value is -0.235. The summed E-state index contributed by atoms with van der Waals surface area (Å²) < 4.78 is 1.46. The summed E-state index contributed by atoms with van der Waals surface area (Å²) in [4.78, 5) is 8.60. The van der Waals surface area contributed by atoms with Gasteiger partial charge in [0.05, 0.1) is 0 Å². The molecule has 2 aliphatic rings. The number of hydrogen-bond acceptors (Lipinski definition) is 6. The third-order valence-electron chi connectivity index (χ3n) is 2.93. The third-order valence-corrected chi connectivity index (χ3v) is 15.1. The Morgan fingerprint density at radius 3 is 3.17 bits per heavy atom. The van der Waals surface area contributed by atoms with Gasteiger partial charge in [0.1, 0.15) is 0 Å². The van der Waals surface area contributed by atoms with Gasteiger partial charge in [-0.25, -0.2) is 0 Å². The Labute approximate surface area is 123 Å². The zero-order valence-corrected chi connectivity index (χ0v) is 17.1. The van der Waals surface area contributed by atoms with Gasteiger partial charge in [0.25, 0.3) is 0 Å². The number of aliphatic imine (C=N–C) groups is 2. The van der Waals surface area contributed by atoms with Crippen molar-refractivity contribution in [2.24, 2.45) is 15.7 Å². The molecule has 1 unspecified atom stereocenters. The van der Waals surface area contributed by atoms with Crippen molar-refractivity contribution in [3.63, 3.8) is 0 Å². The van der Waals surface area contributed by atoms with Crippen LogP contribution in [-0.2, 0) is 23.1 Å². The van der Waals surface area contributed by atoms with Crippen LogP contribution in [0.1, 0.15) is 32.6 Å².